The molecule has 5 nitrogen and oxygen atoms in total. The summed E-state index contributed by atoms with van der Waals surface area (Å²) in [7, 11) is 2.04. The van der Waals surface area contributed by atoms with Crippen LogP contribution in [0.1, 0.15) is 23.4 Å². The zero-order chi connectivity index (χ0) is 19.7. The lowest BCUT2D eigenvalue weighted by atomic mass is 10.1. The van der Waals surface area contributed by atoms with Gasteiger partial charge in [-0.2, -0.15) is 5.10 Å². The van der Waals surface area contributed by atoms with Crippen LogP contribution in [-0.2, 0) is 11.3 Å². The maximum absolute atomic E-state index is 13.0. The Hall–Kier alpha value is -2.92. The van der Waals surface area contributed by atoms with E-state index in [0.717, 1.165) is 35.7 Å². The average Bonchev–Trinajstić information content (AvgIpc) is 3.24. The molecule has 1 atom stereocenters. The van der Waals surface area contributed by atoms with Gasteiger partial charge >= 0.3 is 0 Å². The van der Waals surface area contributed by atoms with Crippen molar-refractivity contribution in [3.63, 3.8) is 0 Å². The fraction of sp³-hybridized carbons (Fsp3) is 0.304. The molecule has 0 aliphatic carbocycles. The van der Waals surface area contributed by atoms with Crippen LogP contribution in [0.15, 0.2) is 60.7 Å². The number of amides is 1. The van der Waals surface area contributed by atoms with E-state index in [1.54, 1.807) is 0 Å². The van der Waals surface area contributed by atoms with Crippen molar-refractivity contribution < 1.29 is 4.79 Å². The van der Waals surface area contributed by atoms with Gasteiger partial charge in [-0.1, -0.05) is 36.4 Å². The molecule has 2 heterocycles. The molecular weight excluding hydrogens is 348 g/mol. The van der Waals surface area contributed by atoms with Crippen molar-refractivity contribution in [2.45, 2.75) is 32.9 Å². The smallest absolute Gasteiger partial charge is 0.244 e. The lowest BCUT2D eigenvalue weighted by molar-refractivity contribution is -0.121. The molecule has 2 aromatic carbocycles. The quantitative estimate of drug-likeness (QED) is 0.683. The SMILES string of the molecule is Cc1nn(-c2ccccc2)c(C)c1CN(C)C1CCN(c2ccccc2)C1=O. The van der Waals surface area contributed by atoms with Crippen LogP contribution in [0.5, 0.6) is 0 Å². The van der Waals surface area contributed by atoms with Crippen molar-refractivity contribution in [1.82, 2.24) is 14.7 Å². The van der Waals surface area contributed by atoms with Crippen molar-refractivity contribution >= 4 is 11.6 Å². The van der Waals surface area contributed by atoms with Gasteiger partial charge in [0.25, 0.3) is 0 Å². The highest BCUT2D eigenvalue weighted by Crippen LogP contribution is 2.26. The highest BCUT2D eigenvalue weighted by Gasteiger charge is 2.35. The molecule has 1 aromatic heterocycles. The van der Waals surface area contributed by atoms with Crippen LogP contribution in [0.3, 0.4) is 0 Å². The van der Waals surface area contributed by atoms with Crippen LogP contribution in [0.4, 0.5) is 5.69 Å². The number of aryl methyl sites for hydroxylation is 1. The number of carbonyl (C=O) groups excluding carboxylic acids is 1. The number of likely N-dealkylation sites (N-methyl/N-ethyl adjacent to an activating group) is 1. The third-order valence-electron chi connectivity index (χ3n) is 5.63. The summed E-state index contributed by atoms with van der Waals surface area (Å²) in [6, 6.07) is 20.0. The van der Waals surface area contributed by atoms with E-state index >= 15 is 0 Å². The highest BCUT2D eigenvalue weighted by molar-refractivity contribution is 5.99. The molecule has 0 radical (unpaired) electrons. The second kappa shape index (κ2) is 7.60. The number of benzene rings is 2. The molecule has 0 bridgehead atoms. The van der Waals surface area contributed by atoms with E-state index in [2.05, 4.69) is 24.0 Å². The maximum Gasteiger partial charge on any atom is 0.244 e. The standard InChI is InChI=1S/C23H26N4O/c1-17-21(18(2)27(24-17)20-12-8-5-9-13-20)16-25(3)22-14-15-26(23(22)28)19-10-6-4-7-11-19/h4-13,22H,14-16H2,1-3H3. The molecule has 0 saturated carbocycles. The first kappa shape index (κ1) is 18.4. The lowest BCUT2D eigenvalue weighted by Gasteiger charge is -2.24. The Balaban J connectivity index is 1.52. The van der Waals surface area contributed by atoms with Gasteiger partial charge in [0.2, 0.25) is 5.91 Å². The maximum atomic E-state index is 13.0. The lowest BCUT2D eigenvalue weighted by Crippen LogP contribution is -2.39. The van der Waals surface area contributed by atoms with E-state index < -0.39 is 0 Å². The topological polar surface area (TPSA) is 41.4 Å². The highest BCUT2D eigenvalue weighted by atomic mass is 16.2. The third-order valence-corrected chi connectivity index (χ3v) is 5.63. The van der Waals surface area contributed by atoms with Gasteiger partial charge in [0.05, 0.1) is 17.4 Å². The van der Waals surface area contributed by atoms with Gasteiger partial charge in [-0.15, -0.1) is 0 Å². The first-order valence-electron chi connectivity index (χ1n) is 9.73. The minimum Gasteiger partial charge on any atom is -0.311 e. The largest absolute Gasteiger partial charge is 0.311 e. The summed E-state index contributed by atoms with van der Waals surface area (Å²) in [5.41, 5.74) is 5.37. The summed E-state index contributed by atoms with van der Waals surface area (Å²) in [5.74, 6) is 0.180. The molecule has 5 heteroatoms. The van der Waals surface area contributed by atoms with Gasteiger partial charge in [-0.05, 0) is 51.6 Å². The number of nitrogens with zero attached hydrogens (tertiary/aromatic N) is 4. The molecule has 1 saturated heterocycles. The van der Waals surface area contributed by atoms with Gasteiger partial charge in [0.15, 0.2) is 0 Å². The van der Waals surface area contributed by atoms with Crippen LogP contribution < -0.4 is 4.90 Å². The summed E-state index contributed by atoms with van der Waals surface area (Å²) in [6.07, 6.45) is 0.842. The zero-order valence-corrected chi connectivity index (χ0v) is 16.7. The van der Waals surface area contributed by atoms with Crippen molar-refractivity contribution in [3.05, 3.63) is 77.6 Å². The van der Waals surface area contributed by atoms with Gasteiger partial charge in [-0.3, -0.25) is 9.69 Å². The second-order valence-corrected chi connectivity index (χ2v) is 7.44. The Bertz CT molecular complexity index is 965. The van der Waals surface area contributed by atoms with Crippen LogP contribution in [0.25, 0.3) is 5.69 Å². The predicted octanol–water partition coefficient (Wildman–Crippen LogP) is 3.73. The zero-order valence-electron chi connectivity index (χ0n) is 16.7. The Morgan fingerprint density at radius 2 is 1.61 bits per heavy atom. The van der Waals surface area contributed by atoms with E-state index in [-0.39, 0.29) is 11.9 Å². The fourth-order valence-electron chi connectivity index (χ4n) is 4.02. The summed E-state index contributed by atoms with van der Waals surface area (Å²) in [6.45, 7) is 5.62. The van der Waals surface area contributed by atoms with E-state index in [0.29, 0.717) is 6.54 Å². The minimum absolute atomic E-state index is 0.0981. The number of hydrogen-bond donors (Lipinski definition) is 0. The van der Waals surface area contributed by atoms with Crippen molar-refractivity contribution in [1.29, 1.82) is 0 Å². The second-order valence-electron chi connectivity index (χ2n) is 7.44. The molecule has 1 aliphatic rings. The molecule has 144 valence electrons. The number of aromatic nitrogens is 2. The fourth-order valence-corrected chi connectivity index (χ4v) is 4.02. The third kappa shape index (κ3) is 3.34. The Morgan fingerprint density at radius 1 is 1.00 bits per heavy atom. The number of para-hydroxylation sites is 2. The molecule has 0 N–H and O–H groups in total. The molecule has 1 amide bonds. The summed E-state index contributed by atoms with van der Waals surface area (Å²) in [5, 5.41) is 4.74. The summed E-state index contributed by atoms with van der Waals surface area (Å²) in [4.78, 5) is 17.1. The number of hydrogen-bond acceptors (Lipinski definition) is 3. The average molecular weight is 374 g/mol. The van der Waals surface area contributed by atoms with E-state index in [9.17, 15) is 4.79 Å². The van der Waals surface area contributed by atoms with Crippen LogP contribution >= 0.6 is 0 Å². The van der Waals surface area contributed by atoms with Crippen LogP contribution in [0, 0.1) is 13.8 Å². The van der Waals surface area contributed by atoms with E-state index in [1.165, 1.54) is 5.56 Å². The van der Waals surface area contributed by atoms with Crippen LogP contribution in [0.2, 0.25) is 0 Å². The Morgan fingerprint density at radius 3 is 2.25 bits per heavy atom. The van der Waals surface area contributed by atoms with Gasteiger partial charge in [-0.25, -0.2) is 4.68 Å². The minimum atomic E-state index is -0.0981. The molecule has 3 aromatic rings. The summed E-state index contributed by atoms with van der Waals surface area (Å²) < 4.78 is 1.99. The molecule has 0 spiro atoms. The molecule has 1 unspecified atom stereocenters. The molecule has 28 heavy (non-hydrogen) atoms. The predicted molar refractivity (Wildman–Crippen MR) is 112 cm³/mol. The monoisotopic (exact) mass is 374 g/mol. The van der Waals surface area contributed by atoms with Crippen molar-refractivity contribution in [2.24, 2.45) is 0 Å². The molecule has 4 rings (SSSR count). The molecular formula is C23H26N4O. The Kier molecular flexibility index (Phi) is 5.01. The number of carbonyl (C=O) groups is 1. The normalized spacial score (nSPS) is 16.9. The van der Waals surface area contributed by atoms with Crippen LogP contribution in [-0.4, -0.2) is 40.2 Å². The van der Waals surface area contributed by atoms with E-state index in [1.807, 2.05) is 72.1 Å². The van der Waals surface area contributed by atoms with Crippen molar-refractivity contribution in [3.8, 4) is 5.69 Å². The van der Waals surface area contributed by atoms with Crippen molar-refractivity contribution in [2.75, 3.05) is 18.5 Å². The van der Waals surface area contributed by atoms with Gasteiger partial charge < -0.3 is 4.90 Å². The first-order chi connectivity index (χ1) is 13.6. The first-order valence-corrected chi connectivity index (χ1v) is 9.73. The summed E-state index contributed by atoms with van der Waals surface area (Å²) >= 11 is 0. The molecule has 1 aliphatic heterocycles. The van der Waals surface area contributed by atoms with E-state index in [4.69, 9.17) is 5.10 Å². The van der Waals surface area contributed by atoms with Gasteiger partial charge in [0, 0.05) is 30.0 Å². The Labute approximate surface area is 166 Å². The van der Waals surface area contributed by atoms with Gasteiger partial charge in [0.1, 0.15) is 0 Å². The number of anilines is 1. The number of rotatable bonds is 5. The molecule has 1 fully saturated rings.